The molecule has 0 aromatic heterocycles. The molecule has 0 unspecified atom stereocenters. The SMILES string of the molecule is CC(C)(C)OC(=O)N[C@H](C(=O)O)[C@](C)(O)c1ccccc1. The van der Waals surface area contributed by atoms with Crippen LogP contribution in [0.5, 0.6) is 0 Å². The number of hydrogen-bond donors (Lipinski definition) is 3. The molecule has 0 bridgehead atoms. The molecule has 0 heterocycles. The van der Waals surface area contributed by atoms with Crippen LogP contribution in [0.2, 0.25) is 0 Å². The van der Waals surface area contributed by atoms with Crippen LogP contribution in [-0.2, 0) is 15.1 Å². The first-order valence-corrected chi connectivity index (χ1v) is 6.54. The van der Waals surface area contributed by atoms with E-state index in [1.54, 1.807) is 51.1 Å². The zero-order chi connectivity index (χ0) is 16.3. The molecule has 0 saturated carbocycles. The van der Waals surface area contributed by atoms with Gasteiger partial charge in [-0.05, 0) is 33.3 Å². The van der Waals surface area contributed by atoms with Gasteiger partial charge in [0.25, 0.3) is 0 Å². The molecule has 0 aliphatic carbocycles. The molecule has 2 atom stereocenters. The first kappa shape index (κ1) is 17.0. The molecular weight excluding hydrogens is 274 g/mol. The number of alkyl carbamates (subject to hydrolysis) is 1. The maximum absolute atomic E-state index is 11.7. The third-order valence-electron chi connectivity index (χ3n) is 2.83. The number of ether oxygens (including phenoxy) is 1. The highest BCUT2D eigenvalue weighted by atomic mass is 16.6. The molecule has 0 aliphatic rings. The van der Waals surface area contributed by atoms with Crippen LogP contribution in [0.25, 0.3) is 0 Å². The molecule has 0 fully saturated rings. The van der Waals surface area contributed by atoms with E-state index in [0.29, 0.717) is 5.56 Å². The summed E-state index contributed by atoms with van der Waals surface area (Å²) in [4.78, 5) is 23.1. The van der Waals surface area contributed by atoms with Crippen LogP contribution in [0.1, 0.15) is 33.3 Å². The van der Waals surface area contributed by atoms with Crippen molar-refractivity contribution in [3.8, 4) is 0 Å². The van der Waals surface area contributed by atoms with Crippen molar-refractivity contribution in [2.75, 3.05) is 0 Å². The van der Waals surface area contributed by atoms with Gasteiger partial charge in [0.2, 0.25) is 0 Å². The average Bonchev–Trinajstić information content (AvgIpc) is 2.34. The molecule has 1 rings (SSSR count). The topological polar surface area (TPSA) is 95.9 Å². The lowest BCUT2D eigenvalue weighted by atomic mass is 9.88. The lowest BCUT2D eigenvalue weighted by molar-refractivity contribution is -0.147. The van der Waals surface area contributed by atoms with E-state index in [4.69, 9.17) is 4.74 Å². The maximum Gasteiger partial charge on any atom is 0.408 e. The standard InChI is InChI=1S/C15H21NO5/c1-14(2,3)21-13(19)16-11(12(17)18)15(4,20)10-8-6-5-7-9-10/h5-9,11,20H,1-4H3,(H,16,19)(H,17,18)/t11-,15-/m1/s1. The average molecular weight is 295 g/mol. The van der Waals surface area contributed by atoms with Crippen molar-refractivity contribution in [2.24, 2.45) is 0 Å². The molecular formula is C15H21NO5. The fourth-order valence-electron chi connectivity index (χ4n) is 1.81. The Labute approximate surface area is 123 Å². The Morgan fingerprint density at radius 3 is 2.10 bits per heavy atom. The van der Waals surface area contributed by atoms with Crippen molar-refractivity contribution >= 4 is 12.1 Å². The molecule has 6 nitrogen and oxygen atoms in total. The Bertz CT molecular complexity index is 505. The van der Waals surface area contributed by atoms with Gasteiger partial charge < -0.3 is 20.3 Å². The van der Waals surface area contributed by atoms with Crippen LogP contribution in [0.15, 0.2) is 30.3 Å². The van der Waals surface area contributed by atoms with Gasteiger partial charge in [0.1, 0.15) is 11.2 Å². The summed E-state index contributed by atoms with van der Waals surface area (Å²) in [5.74, 6) is -1.35. The number of hydrogen-bond acceptors (Lipinski definition) is 4. The van der Waals surface area contributed by atoms with Gasteiger partial charge in [-0.2, -0.15) is 0 Å². The molecule has 0 radical (unpaired) electrons. The van der Waals surface area contributed by atoms with E-state index in [2.05, 4.69) is 5.32 Å². The zero-order valence-corrected chi connectivity index (χ0v) is 12.6. The third-order valence-corrected chi connectivity index (χ3v) is 2.83. The number of aliphatic carboxylic acids is 1. The highest BCUT2D eigenvalue weighted by Gasteiger charge is 2.41. The summed E-state index contributed by atoms with van der Waals surface area (Å²) in [6.45, 7) is 6.32. The van der Waals surface area contributed by atoms with Gasteiger partial charge in [-0.25, -0.2) is 9.59 Å². The van der Waals surface area contributed by atoms with Gasteiger partial charge in [-0.15, -0.1) is 0 Å². The smallest absolute Gasteiger partial charge is 0.408 e. The van der Waals surface area contributed by atoms with Crippen molar-refractivity contribution in [2.45, 2.75) is 44.9 Å². The summed E-state index contributed by atoms with van der Waals surface area (Å²) in [5, 5.41) is 22.0. The van der Waals surface area contributed by atoms with Crippen LogP contribution < -0.4 is 5.32 Å². The summed E-state index contributed by atoms with van der Waals surface area (Å²) in [6, 6.07) is 6.75. The van der Waals surface area contributed by atoms with E-state index in [0.717, 1.165) is 0 Å². The quantitative estimate of drug-likeness (QED) is 0.788. The molecule has 0 aliphatic heterocycles. The number of benzene rings is 1. The number of carbonyl (C=O) groups excluding carboxylic acids is 1. The fourth-order valence-corrected chi connectivity index (χ4v) is 1.81. The Morgan fingerprint density at radius 1 is 1.14 bits per heavy atom. The van der Waals surface area contributed by atoms with E-state index in [1.807, 2.05) is 0 Å². The monoisotopic (exact) mass is 295 g/mol. The minimum absolute atomic E-state index is 0.383. The van der Waals surface area contributed by atoms with Crippen LogP contribution in [-0.4, -0.2) is 33.9 Å². The predicted octanol–water partition coefficient (Wildman–Crippen LogP) is 1.87. The van der Waals surface area contributed by atoms with Gasteiger partial charge in [0.05, 0.1) is 0 Å². The highest BCUT2D eigenvalue weighted by molar-refractivity contribution is 5.81. The van der Waals surface area contributed by atoms with Gasteiger partial charge in [0.15, 0.2) is 6.04 Å². The van der Waals surface area contributed by atoms with Crippen molar-refractivity contribution in [3.63, 3.8) is 0 Å². The van der Waals surface area contributed by atoms with Gasteiger partial charge >= 0.3 is 12.1 Å². The normalized spacial score (nSPS) is 15.7. The van der Waals surface area contributed by atoms with Crippen molar-refractivity contribution in [1.82, 2.24) is 5.32 Å². The van der Waals surface area contributed by atoms with Gasteiger partial charge in [-0.1, -0.05) is 30.3 Å². The largest absolute Gasteiger partial charge is 0.480 e. The first-order valence-electron chi connectivity index (χ1n) is 6.54. The Kier molecular flexibility index (Phi) is 4.96. The second-order valence-corrected chi connectivity index (χ2v) is 5.93. The van der Waals surface area contributed by atoms with Crippen molar-refractivity contribution in [1.29, 1.82) is 0 Å². The van der Waals surface area contributed by atoms with Crippen LogP contribution >= 0.6 is 0 Å². The second kappa shape index (κ2) is 6.13. The molecule has 21 heavy (non-hydrogen) atoms. The number of amides is 1. The van der Waals surface area contributed by atoms with Gasteiger partial charge in [-0.3, -0.25) is 0 Å². The number of aliphatic hydroxyl groups is 1. The van der Waals surface area contributed by atoms with Crippen LogP contribution in [0.4, 0.5) is 4.79 Å². The molecule has 116 valence electrons. The van der Waals surface area contributed by atoms with E-state index < -0.39 is 29.3 Å². The maximum atomic E-state index is 11.7. The molecule has 1 aromatic rings. The third kappa shape index (κ3) is 4.75. The number of rotatable bonds is 4. The Hall–Kier alpha value is -2.08. The fraction of sp³-hybridized carbons (Fsp3) is 0.467. The summed E-state index contributed by atoms with van der Waals surface area (Å²) in [7, 11) is 0. The summed E-state index contributed by atoms with van der Waals surface area (Å²) >= 11 is 0. The summed E-state index contributed by atoms with van der Waals surface area (Å²) in [5.41, 5.74) is -2.15. The number of carbonyl (C=O) groups is 2. The van der Waals surface area contributed by atoms with Crippen molar-refractivity contribution < 1.29 is 24.5 Å². The lowest BCUT2D eigenvalue weighted by Gasteiger charge is -2.31. The van der Waals surface area contributed by atoms with Crippen LogP contribution in [0.3, 0.4) is 0 Å². The second-order valence-electron chi connectivity index (χ2n) is 5.93. The summed E-state index contributed by atoms with van der Waals surface area (Å²) < 4.78 is 5.02. The minimum Gasteiger partial charge on any atom is -0.480 e. The van der Waals surface area contributed by atoms with E-state index in [-0.39, 0.29) is 0 Å². The van der Waals surface area contributed by atoms with Crippen molar-refractivity contribution in [3.05, 3.63) is 35.9 Å². The van der Waals surface area contributed by atoms with E-state index in [1.165, 1.54) is 6.92 Å². The van der Waals surface area contributed by atoms with E-state index in [9.17, 15) is 19.8 Å². The molecule has 0 saturated heterocycles. The molecule has 3 N–H and O–H groups in total. The number of carboxylic acids is 1. The molecule has 1 aromatic carbocycles. The first-order chi connectivity index (χ1) is 9.54. The summed E-state index contributed by atoms with van der Waals surface area (Å²) in [6.07, 6.45) is -0.897. The Balaban J connectivity index is 2.97. The molecule has 1 amide bonds. The highest BCUT2D eigenvalue weighted by Crippen LogP contribution is 2.25. The zero-order valence-electron chi connectivity index (χ0n) is 12.6. The minimum atomic E-state index is -1.77. The lowest BCUT2D eigenvalue weighted by Crippen LogP contribution is -2.54. The van der Waals surface area contributed by atoms with E-state index >= 15 is 0 Å². The number of carboxylic acid groups (broad SMARTS) is 1. The van der Waals surface area contributed by atoms with Crippen LogP contribution in [0, 0.1) is 0 Å². The molecule has 6 heteroatoms. The molecule has 0 spiro atoms. The van der Waals surface area contributed by atoms with Gasteiger partial charge in [0, 0.05) is 0 Å². The predicted molar refractivity (Wildman–Crippen MR) is 76.8 cm³/mol. The Morgan fingerprint density at radius 2 is 1.67 bits per heavy atom. The number of nitrogens with one attached hydrogen (secondary N) is 1.